The maximum Gasteiger partial charge on any atom is 0.164 e. The van der Waals surface area contributed by atoms with Gasteiger partial charge in [-0.3, -0.25) is 4.79 Å². The van der Waals surface area contributed by atoms with Crippen LogP contribution in [-0.2, 0) is 33.4 Å². The van der Waals surface area contributed by atoms with Crippen molar-refractivity contribution in [3.63, 3.8) is 0 Å². The number of hydrogen-bond acceptors (Lipinski definition) is 4. The van der Waals surface area contributed by atoms with Gasteiger partial charge in [0.05, 0.1) is 0 Å². The van der Waals surface area contributed by atoms with Crippen LogP contribution < -0.4 is 7.22 Å². The van der Waals surface area contributed by atoms with Gasteiger partial charge < -0.3 is 5.11 Å². The molecule has 0 amide bonds. The van der Waals surface area contributed by atoms with Crippen molar-refractivity contribution in [3.05, 3.63) is 90.3 Å². The van der Waals surface area contributed by atoms with Crippen molar-refractivity contribution in [2.24, 2.45) is 10.8 Å². The average molecular weight is 911 g/mol. The quantitative estimate of drug-likeness (QED) is 0.0731. The molecule has 0 aliphatic carbocycles. The summed E-state index contributed by atoms with van der Waals surface area (Å²) in [6.45, 7) is 18.8. The number of hydrogen-bond donors (Lipinski definition) is 1. The van der Waals surface area contributed by atoms with E-state index >= 15 is 0 Å². The molecule has 0 saturated carbocycles. The van der Waals surface area contributed by atoms with Gasteiger partial charge in [-0.15, -0.1) is 0 Å². The summed E-state index contributed by atoms with van der Waals surface area (Å²) >= 11 is -2.86. The van der Waals surface area contributed by atoms with E-state index in [0.717, 1.165) is 60.7 Å². The van der Waals surface area contributed by atoms with Crippen molar-refractivity contribution < 1.29 is 33.1 Å². The first-order valence-corrected chi connectivity index (χ1v) is 19.4. The normalized spacial score (nSPS) is 13.4. The molecule has 3 aromatic carbocycles. The zero-order chi connectivity index (χ0) is 33.2. The van der Waals surface area contributed by atoms with E-state index in [-0.39, 0.29) is 47.9 Å². The monoisotopic (exact) mass is 913 g/mol. The minimum absolute atomic E-state index is 0. The SMILES string of the molecule is CC(C)(C)c1cc(-c2nccc3c2[Te](=O)c2ccccc2-3)[c-]c2ccccc12.CCC(C)(CC)C(=O)/C=C(\O)C(C)(CC)CC.[Ir]. The molecule has 5 rings (SSSR count). The number of aliphatic hydroxyl groups excluding tert-OH is 1. The fourth-order valence-electron chi connectivity index (χ4n) is 5.66. The van der Waals surface area contributed by atoms with Gasteiger partial charge in [0.1, 0.15) is 5.76 Å². The standard InChI is InChI=1S/C25H20NOTe.C15H28O2.Ir/c1-25(2,3)21-15-17(14-16-8-4-5-9-18(16)21)23-24-20(12-13-26-23)19-10-6-7-11-22(19)28(24)27;1-7-14(5,8-2)12(16)11-13(17)15(6,9-3)10-4;/h4-13,15H,1-3H3;11,16H,7-10H2,1-6H3;/q-1;;/b;12-11-;. The first-order valence-electron chi connectivity index (χ1n) is 16.2. The van der Waals surface area contributed by atoms with Crippen molar-refractivity contribution in [1.82, 2.24) is 4.98 Å². The van der Waals surface area contributed by atoms with Crippen molar-refractivity contribution in [2.45, 2.75) is 93.4 Å². The molecule has 0 fully saturated rings. The summed E-state index contributed by atoms with van der Waals surface area (Å²) < 4.78 is 15.4. The van der Waals surface area contributed by atoms with Crippen molar-refractivity contribution >= 4 is 43.3 Å². The molecule has 0 bridgehead atoms. The molecule has 0 saturated heterocycles. The number of ketones is 1. The number of aliphatic hydroxyl groups is 1. The molecule has 1 aromatic heterocycles. The van der Waals surface area contributed by atoms with Crippen molar-refractivity contribution in [2.75, 3.05) is 0 Å². The number of carbonyl (C=O) groups is 1. The predicted octanol–water partition coefficient (Wildman–Crippen LogP) is 9.16. The van der Waals surface area contributed by atoms with Gasteiger partial charge in [-0.25, -0.2) is 0 Å². The molecular formula is C40H48IrNO3Te-. The van der Waals surface area contributed by atoms with Gasteiger partial charge >= 0.3 is 173 Å². The Hall–Kier alpha value is -2.48. The van der Waals surface area contributed by atoms with Crippen LogP contribution in [0.5, 0.6) is 0 Å². The Bertz CT molecular complexity index is 1760. The van der Waals surface area contributed by atoms with Crippen LogP contribution in [0.25, 0.3) is 33.2 Å². The second-order valence-electron chi connectivity index (χ2n) is 13.6. The van der Waals surface area contributed by atoms with Crippen LogP contribution in [0.4, 0.5) is 0 Å². The number of carbonyl (C=O) groups excluding carboxylic acids is 1. The van der Waals surface area contributed by atoms with Gasteiger partial charge in [0.25, 0.3) is 0 Å². The summed E-state index contributed by atoms with van der Waals surface area (Å²) in [5.41, 5.74) is 4.59. The maximum atomic E-state index is 13.4. The average Bonchev–Trinajstić information content (AvgIpc) is 3.34. The summed E-state index contributed by atoms with van der Waals surface area (Å²) in [6.07, 6.45) is 6.59. The van der Waals surface area contributed by atoms with E-state index in [1.165, 1.54) is 17.0 Å². The molecular weight excluding hydrogens is 862 g/mol. The summed E-state index contributed by atoms with van der Waals surface area (Å²) in [5.74, 6) is 0.286. The number of rotatable bonds is 8. The molecule has 4 aromatic rings. The van der Waals surface area contributed by atoms with Crippen molar-refractivity contribution in [3.8, 4) is 22.4 Å². The molecule has 0 spiro atoms. The third-order valence-corrected chi connectivity index (χ3v) is 14.3. The van der Waals surface area contributed by atoms with Crippen molar-refractivity contribution in [1.29, 1.82) is 0 Å². The van der Waals surface area contributed by atoms with E-state index in [9.17, 15) is 13.0 Å². The minimum atomic E-state index is -2.86. The Morgan fingerprint density at radius 3 is 2.04 bits per heavy atom. The van der Waals surface area contributed by atoms with Crippen LogP contribution in [-0.4, -0.2) is 35.4 Å². The molecule has 0 unspecified atom stereocenters. The van der Waals surface area contributed by atoms with Crippen LogP contribution >= 0.6 is 0 Å². The molecule has 1 aliphatic rings. The van der Waals surface area contributed by atoms with Gasteiger partial charge in [0.2, 0.25) is 0 Å². The summed E-state index contributed by atoms with van der Waals surface area (Å²) in [7, 11) is 0. The van der Waals surface area contributed by atoms with E-state index in [1.807, 2.05) is 78.1 Å². The van der Waals surface area contributed by atoms with E-state index in [4.69, 9.17) is 4.98 Å². The van der Waals surface area contributed by atoms with Gasteiger partial charge in [-0.1, -0.05) is 41.5 Å². The van der Waals surface area contributed by atoms with Crippen LogP contribution in [0.1, 0.15) is 93.6 Å². The fraction of sp³-hybridized carbons (Fsp3) is 0.400. The summed E-state index contributed by atoms with van der Waals surface area (Å²) in [6, 6.07) is 24.2. The third kappa shape index (κ3) is 7.47. The molecule has 2 heterocycles. The molecule has 4 nitrogen and oxygen atoms in total. The zero-order valence-electron chi connectivity index (χ0n) is 28.7. The number of fused-ring (bicyclic) bond motifs is 4. The van der Waals surface area contributed by atoms with Crippen LogP contribution in [0, 0.1) is 16.9 Å². The number of allylic oxidation sites excluding steroid dienone is 2. The third-order valence-electron chi connectivity index (χ3n) is 9.91. The van der Waals surface area contributed by atoms with E-state index in [0.29, 0.717) is 0 Å². The van der Waals surface area contributed by atoms with E-state index < -0.39 is 19.5 Å². The first-order chi connectivity index (χ1) is 21.2. The number of benzene rings is 3. The minimum Gasteiger partial charge on any atom is -0.512 e. The second kappa shape index (κ2) is 15.2. The first kappa shape index (κ1) is 38.0. The number of pyridine rings is 1. The van der Waals surface area contributed by atoms with E-state index in [2.05, 4.69) is 57.2 Å². The number of aromatic nitrogens is 1. The van der Waals surface area contributed by atoms with Gasteiger partial charge in [0, 0.05) is 37.0 Å². The molecule has 1 aliphatic heterocycles. The molecule has 46 heavy (non-hydrogen) atoms. The maximum absolute atomic E-state index is 13.4. The van der Waals surface area contributed by atoms with Crippen LogP contribution in [0.3, 0.4) is 0 Å². The zero-order valence-corrected chi connectivity index (χ0v) is 33.4. The Morgan fingerprint density at radius 1 is 0.848 bits per heavy atom. The molecule has 1 N–H and O–H groups in total. The Balaban J connectivity index is 0.000000280. The Kier molecular flexibility index (Phi) is 12.5. The largest absolute Gasteiger partial charge is 0.512 e. The summed E-state index contributed by atoms with van der Waals surface area (Å²) in [5, 5.41) is 12.4. The Labute approximate surface area is 296 Å². The fourth-order valence-corrected chi connectivity index (χ4v) is 9.99. The predicted molar refractivity (Wildman–Crippen MR) is 189 cm³/mol. The Morgan fingerprint density at radius 2 is 1.43 bits per heavy atom. The van der Waals surface area contributed by atoms with Crippen LogP contribution in [0.15, 0.2) is 78.7 Å². The smallest absolute Gasteiger partial charge is 0.164 e. The van der Waals surface area contributed by atoms with Gasteiger partial charge in [-0.2, -0.15) is 0 Å². The van der Waals surface area contributed by atoms with Gasteiger partial charge in [0.15, 0.2) is 5.78 Å². The second-order valence-corrected chi connectivity index (χ2v) is 17.6. The topological polar surface area (TPSA) is 67.3 Å². The van der Waals surface area contributed by atoms with E-state index in [1.54, 1.807) is 0 Å². The molecule has 6 heteroatoms. The van der Waals surface area contributed by atoms with Gasteiger partial charge in [-0.05, 0) is 25.7 Å². The molecule has 1 radical (unpaired) electrons. The molecule has 0 atom stereocenters. The number of nitrogens with zero attached hydrogens (tertiary/aromatic N) is 1. The molecule has 247 valence electrons. The van der Waals surface area contributed by atoms with Crippen LogP contribution in [0.2, 0.25) is 0 Å². The summed E-state index contributed by atoms with van der Waals surface area (Å²) in [4.78, 5) is 16.9.